The van der Waals surface area contributed by atoms with Crippen LogP contribution < -0.4 is 10.2 Å². The number of carbonyl (C=O) groups excluding carboxylic acids is 2. The van der Waals surface area contributed by atoms with Crippen LogP contribution in [-0.2, 0) is 4.74 Å². The minimum absolute atomic E-state index is 0.0217. The van der Waals surface area contributed by atoms with Crippen molar-refractivity contribution in [1.29, 1.82) is 0 Å². The summed E-state index contributed by atoms with van der Waals surface area (Å²) in [5.41, 5.74) is 4.50. The zero-order chi connectivity index (χ0) is 27.5. The van der Waals surface area contributed by atoms with Crippen LogP contribution in [0.5, 0.6) is 5.88 Å². The lowest BCUT2D eigenvalue weighted by Crippen LogP contribution is -2.36. The number of aromatic hydroxyl groups is 1. The molecule has 1 amide bonds. The van der Waals surface area contributed by atoms with E-state index in [0.717, 1.165) is 37.7 Å². The van der Waals surface area contributed by atoms with Gasteiger partial charge in [0, 0.05) is 52.7 Å². The molecule has 2 aromatic heterocycles. The maximum absolute atomic E-state index is 13.4. The number of carbonyl (C=O) groups is 2. The molecule has 200 valence electrons. The second kappa shape index (κ2) is 11.2. The highest BCUT2D eigenvalue weighted by molar-refractivity contribution is 7.12. The molecule has 1 aliphatic heterocycles. The standard InChI is InChI=1S/C31H26N4O4S/c36-29(20-3-1-4-23(17-20)33-31(38)28-5-2-16-40-28)21-6-11-27-25(18-21)26(30(37)34-27)19-32-22-7-9-24(10-8-22)35-12-14-39-15-13-35/h1-11,16-19,34,37H,12-15H2,(H,33,38). The summed E-state index contributed by atoms with van der Waals surface area (Å²) in [6, 6.07) is 23.6. The minimum atomic E-state index is -0.219. The Kier molecular flexibility index (Phi) is 7.13. The molecule has 0 saturated carbocycles. The quantitative estimate of drug-likeness (QED) is 0.170. The predicted octanol–water partition coefficient (Wildman–Crippen LogP) is 6.01. The van der Waals surface area contributed by atoms with Gasteiger partial charge in [0.25, 0.3) is 5.91 Å². The molecule has 0 bridgehead atoms. The number of ether oxygens (including phenoxy) is 1. The first-order chi connectivity index (χ1) is 19.5. The first kappa shape index (κ1) is 25.5. The molecule has 1 aliphatic rings. The summed E-state index contributed by atoms with van der Waals surface area (Å²) >= 11 is 1.35. The van der Waals surface area contributed by atoms with Crippen molar-refractivity contribution in [2.75, 3.05) is 36.5 Å². The van der Waals surface area contributed by atoms with Crippen molar-refractivity contribution < 1.29 is 19.4 Å². The second-order valence-electron chi connectivity index (χ2n) is 9.36. The van der Waals surface area contributed by atoms with E-state index in [-0.39, 0.29) is 17.6 Å². The second-order valence-corrected chi connectivity index (χ2v) is 10.3. The van der Waals surface area contributed by atoms with E-state index in [1.165, 1.54) is 11.3 Å². The van der Waals surface area contributed by atoms with Gasteiger partial charge in [0.2, 0.25) is 0 Å². The first-order valence-corrected chi connectivity index (χ1v) is 13.7. The first-order valence-electron chi connectivity index (χ1n) is 12.9. The summed E-state index contributed by atoms with van der Waals surface area (Å²) < 4.78 is 5.42. The highest BCUT2D eigenvalue weighted by Crippen LogP contribution is 2.29. The molecule has 3 aromatic carbocycles. The lowest BCUT2D eigenvalue weighted by Gasteiger charge is -2.28. The molecular weight excluding hydrogens is 524 g/mol. The number of hydrogen-bond donors (Lipinski definition) is 3. The van der Waals surface area contributed by atoms with Gasteiger partial charge < -0.3 is 25.0 Å². The van der Waals surface area contributed by atoms with Crippen molar-refractivity contribution in [3.05, 3.63) is 106 Å². The van der Waals surface area contributed by atoms with Gasteiger partial charge in [-0.15, -0.1) is 11.3 Å². The molecule has 3 heterocycles. The summed E-state index contributed by atoms with van der Waals surface area (Å²) in [4.78, 5) is 36.2. The number of rotatable bonds is 7. The number of aliphatic imine (C=N–C) groups is 1. The summed E-state index contributed by atoms with van der Waals surface area (Å²) in [7, 11) is 0. The van der Waals surface area contributed by atoms with Crippen LogP contribution in [0.1, 0.15) is 31.2 Å². The van der Waals surface area contributed by atoms with Gasteiger partial charge in [0.15, 0.2) is 11.7 Å². The Balaban J connectivity index is 1.22. The van der Waals surface area contributed by atoms with Gasteiger partial charge >= 0.3 is 0 Å². The molecule has 0 unspecified atom stereocenters. The van der Waals surface area contributed by atoms with Gasteiger partial charge in [-0.3, -0.25) is 14.6 Å². The number of aromatic amines is 1. The van der Waals surface area contributed by atoms with E-state index in [9.17, 15) is 14.7 Å². The zero-order valence-electron chi connectivity index (χ0n) is 21.5. The fourth-order valence-electron chi connectivity index (χ4n) is 4.69. The maximum atomic E-state index is 13.4. The van der Waals surface area contributed by atoms with Gasteiger partial charge in [-0.05, 0) is 66.0 Å². The van der Waals surface area contributed by atoms with Crippen LogP contribution in [0.15, 0.2) is 89.2 Å². The third-order valence-corrected chi connectivity index (χ3v) is 7.65. The van der Waals surface area contributed by atoms with Crippen molar-refractivity contribution >= 4 is 57.2 Å². The van der Waals surface area contributed by atoms with Crippen molar-refractivity contribution in [3.63, 3.8) is 0 Å². The van der Waals surface area contributed by atoms with E-state index < -0.39 is 0 Å². The number of ketones is 1. The van der Waals surface area contributed by atoms with Crippen molar-refractivity contribution in [2.24, 2.45) is 4.99 Å². The molecule has 9 heteroatoms. The number of aromatic nitrogens is 1. The number of benzene rings is 3. The van der Waals surface area contributed by atoms with Crippen molar-refractivity contribution in [3.8, 4) is 5.88 Å². The van der Waals surface area contributed by atoms with E-state index in [0.29, 0.717) is 38.2 Å². The number of anilines is 2. The van der Waals surface area contributed by atoms with Crippen LogP contribution in [-0.4, -0.2) is 54.3 Å². The summed E-state index contributed by atoms with van der Waals surface area (Å²) in [6.45, 7) is 3.17. The van der Waals surface area contributed by atoms with Gasteiger partial charge in [0.1, 0.15) is 0 Å². The largest absolute Gasteiger partial charge is 0.494 e. The van der Waals surface area contributed by atoms with Crippen molar-refractivity contribution in [2.45, 2.75) is 0 Å². The number of H-pyrrole nitrogens is 1. The molecule has 6 rings (SSSR count). The minimum Gasteiger partial charge on any atom is -0.494 e. The monoisotopic (exact) mass is 550 g/mol. The molecule has 0 aliphatic carbocycles. The third-order valence-electron chi connectivity index (χ3n) is 6.78. The Morgan fingerprint density at radius 3 is 2.55 bits per heavy atom. The Hall–Kier alpha value is -4.73. The van der Waals surface area contributed by atoms with Gasteiger partial charge in [-0.25, -0.2) is 0 Å². The number of nitrogens with zero attached hydrogens (tertiary/aromatic N) is 2. The number of thiophene rings is 1. The Bertz CT molecular complexity index is 1700. The Labute approximate surface area is 234 Å². The Morgan fingerprint density at radius 2 is 1.77 bits per heavy atom. The Morgan fingerprint density at radius 1 is 0.975 bits per heavy atom. The number of amides is 1. The number of morpholine rings is 1. The maximum Gasteiger partial charge on any atom is 0.265 e. The summed E-state index contributed by atoms with van der Waals surface area (Å²) in [5.74, 6) is -0.438. The molecule has 0 atom stereocenters. The molecule has 8 nitrogen and oxygen atoms in total. The van der Waals surface area contributed by atoms with Crippen LogP contribution in [0.2, 0.25) is 0 Å². The van der Waals surface area contributed by atoms with Crippen LogP contribution >= 0.6 is 11.3 Å². The number of fused-ring (bicyclic) bond motifs is 1. The highest BCUT2D eigenvalue weighted by atomic mass is 32.1. The highest BCUT2D eigenvalue weighted by Gasteiger charge is 2.16. The molecule has 5 aromatic rings. The SMILES string of the molecule is O=C(c1cccc(NC(=O)c2cccs2)c1)c1ccc2[nH]c(O)c(C=Nc3ccc(N4CCOCC4)cc3)c2c1. The van der Waals surface area contributed by atoms with E-state index in [4.69, 9.17) is 4.74 Å². The fraction of sp³-hybridized carbons (Fsp3) is 0.129. The molecular formula is C31H26N4O4S. The lowest BCUT2D eigenvalue weighted by atomic mass is 10.0. The fourth-order valence-corrected chi connectivity index (χ4v) is 5.30. The normalized spacial score (nSPS) is 13.7. The van der Waals surface area contributed by atoms with Gasteiger partial charge in [-0.1, -0.05) is 18.2 Å². The van der Waals surface area contributed by atoms with E-state index in [2.05, 4.69) is 20.2 Å². The van der Waals surface area contributed by atoms with Gasteiger partial charge in [-0.2, -0.15) is 0 Å². The van der Waals surface area contributed by atoms with Crippen LogP contribution in [0.3, 0.4) is 0 Å². The van der Waals surface area contributed by atoms with E-state index >= 15 is 0 Å². The average molecular weight is 551 g/mol. The topological polar surface area (TPSA) is 107 Å². The summed E-state index contributed by atoms with van der Waals surface area (Å²) in [5, 5.41) is 15.9. The molecule has 40 heavy (non-hydrogen) atoms. The molecule has 3 N–H and O–H groups in total. The number of hydrogen-bond acceptors (Lipinski definition) is 7. The zero-order valence-corrected chi connectivity index (χ0v) is 22.3. The molecule has 0 radical (unpaired) electrons. The smallest absolute Gasteiger partial charge is 0.265 e. The van der Waals surface area contributed by atoms with Crippen molar-refractivity contribution in [1.82, 2.24) is 4.98 Å². The van der Waals surface area contributed by atoms with E-state index in [1.54, 1.807) is 54.7 Å². The van der Waals surface area contributed by atoms with E-state index in [1.807, 2.05) is 35.7 Å². The molecule has 1 fully saturated rings. The molecule has 0 spiro atoms. The van der Waals surface area contributed by atoms with Crippen LogP contribution in [0.4, 0.5) is 17.1 Å². The third kappa shape index (κ3) is 5.38. The number of nitrogens with one attached hydrogen (secondary N) is 2. The van der Waals surface area contributed by atoms with Crippen LogP contribution in [0.25, 0.3) is 10.9 Å². The molecule has 1 saturated heterocycles. The van der Waals surface area contributed by atoms with Crippen LogP contribution in [0, 0.1) is 0 Å². The summed E-state index contributed by atoms with van der Waals surface area (Å²) in [6.07, 6.45) is 1.60. The lowest BCUT2D eigenvalue weighted by molar-refractivity contribution is 0.102. The average Bonchev–Trinajstić information content (AvgIpc) is 3.64. The van der Waals surface area contributed by atoms with Gasteiger partial charge in [0.05, 0.1) is 29.3 Å². The predicted molar refractivity (Wildman–Crippen MR) is 159 cm³/mol.